The van der Waals surface area contributed by atoms with E-state index in [2.05, 4.69) is 5.32 Å². The Morgan fingerprint density at radius 1 is 1.27 bits per heavy atom. The maximum absolute atomic E-state index is 11.7. The zero-order valence-corrected chi connectivity index (χ0v) is 13.5. The molecular formula is C18H28N2O2. The Morgan fingerprint density at radius 2 is 1.95 bits per heavy atom. The summed E-state index contributed by atoms with van der Waals surface area (Å²) in [4.78, 5) is 11.7. The molecule has 122 valence electrons. The van der Waals surface area contributed by atoms with Gasteiger partial charge in [-0.3, -0.25) is 4.79 Å². The second kappa shape index (κ2) is 8.79. The second-order valence-electron chi connectivity index (χ2n) is 6.40. The summed E-state index contributed by atoms with van der Waals surface area (Å²) in [5.41, 5.74) is 6.46. The van der Waals surface area contributed by atoms with Crippen LogP contribution in [0.2, 0.25) is 0 Å². The minimum atomic E-state index is 0.00757. The Balaban J connectivity index is 1.73. The van der Waals surface area contributed by atoms with E-state index in [1.54, 1.807) is 0 Å². The summed E-state index contributed by atoms with van der Waals surface area (Å²) in [5.74, 6) is 1.58. The van der Waals surface area contributed by atoms with Crippen molar-refractivity contribution in [2.75, 3.05) is 11.9 Å². The maximum Gasteiger partial charge on any atom is 0.224 e. The highest BCUT2D eigenvalue weighted by Crippen LogP contribution is 2.25. The maximum atomic E-state index is 11.7. The molecule has 2 rings (SSSR count). The molecule has 0 radical (unpaired) electrons. The predicted molar refractivity (Wildman–Crippen MR) is 90.0 cm³/mol. The van der Waals surface area contributed by atoms with Crippen molar-refractivity contribution in [3.8, 4) is 5.75 Å². The molecule has 22 heavy (non-hydrogen) atoms. The number of benzene rings is 1. The van der Waals surface area contributed by atoms with Gasteiger partial charge < -0.3 is 15.8 Å². The Bertz CT molecular complexity index is 451. The highest BCUT2D eigenvalue weighted by molar-refractivity contribution is 5.90. The van der Waals surface area contributed by atoms with Gasteiger partial charge in [0.05, 0.1) is 6.61 Å². The largest absolute Gasteiger partial charge is 0.493 e. The lowest BCUT2D eigenvalue weighted by Crippen LogP contribution is -2.19. The molecule has 0 heterocycles. The van der Waals surface area contributed by atoms with Crippen LogP contribution in [-0.2, 0) is 4.79 Å². The van der Waals surface area contributed by atoms with Crippen molar-refractivity contribution in [2.45, 2.75) is 57.9 Å². The molecule has 0 aliphatic heterocycles. The fourth-order valence-corrected chi connectivity index (χ4v) is 2.78. The normalized spacial score (nSPS) is 17.0. The highest BCUT2D eigenvalue weighted by Gasteiger charge is 2.13. The highest BCUT2D eigenvalue weighted by atomic mass is 16.5. The van der Waals surface area contributed by atoms with Crippen LogP contribution in [0.15, 0.2) is 24.3 Å². The number of amides is 1. The molecule has 1 aliphatic rings. The zero-order chi connectivity index (χ0) is 15.8. The third-order valence-corrected chi connectivity index (χ3v) is 4.18. The fourth-order valence-electron chi connectivity index (χ4n) is 2.78. The molecule has 1 aliphatic carbocycles. The first-order valence-electron chi connectivity index (χ1n) is 8.42. The van der Waals surface area contributed by atoms with Crippen molar-refractivity contribution in [1.82, 2.24) is 0 Å². The van der Waals surface area contributed by atoms with Crippen LogP contribution in [0, 0.1) is 5.92 Å². The molecule has 1 saturated carbocycles. The molecule has 1 amide bonds. The van der Waals surface area contributed by atoms with Crippen molar-refractivity contribution in [3.63, 3.8) is 0 Å². The van der Waals surface area contributed by atoms with Crippen molar-refractivity contribution < 1.29 is 9.53 Å². The molecule has 1 aromatic rings. The van der Waals surface area contributed by atoms with E-state index in [1.165, 1.54) is 32.1 Å². The van der Waals surface area contributed by atoms with Gasteiger partial charge in [-0.1, -0.05) is 19.3 Å². The molecule has 0 saturated heterocycles. The van der Waals surface area contributed by atoms with Crippen LogP contribution in [-0.4, -0.2) is 18.6 Å². The van der Waals surface area contributed by atoms with Crippen molar-refractivity contribution >= 4 is 11.6 Å². The summed E-state index contributed by atoms with van der Waals surface area (Å²) in [6.45, 7) is 2.71. The summed E-state index contributed by atoms with van der Waals surface area (Å²) in [6.07, 6.45) is 7.77. The molecule has 3 N–H and O–H groups in total. The predicted octanol–water partition coefficient (Wildman–Crippen LogP) is 3.71. The Labute approximate surface area is 133 Å². The quantitative estimate of drug-likeness (QED) is 0.807. The lowest BCUT2D eigenvalue weighted by Gasteiger charge is -2.21. The molecule has 1 unspecified atom stereocenters. The van der Waals surface area contributed by atoms with E-state index < -0.39 is 0 Å². The van der Waals surface area contributed by atoms with Gasteiger partial charge in [0.15, 0.2) is 0 Å². The molecule has 4 heteroatoms. The number of carbonyl (C=O) groups excluding carboxylic acids is 1. The summed E-state index contributed by atoms with van der Waals surface area (Å²) < 4.78 is 5.86. The van der Waals surface area contributed by atoms with Gasteiger partial charge in [0, 0.05) is 18.2 Å². The van der Waals surface area contributed by atoms with E-state index in [0.717, 1.165) is 18.0 Å². The Kier molecular flexibility index (Phi) is 6.72. The zero-order valence-electron chi connectivity index (χ0n) is 13.5. The monoisotopic (exact) mass is 304 g/mol. The lowest BCUT2D eigenvalue weighted by atomic mass is 9.90. The number of ether oxygens (including phenoxy) is 1. The standard InChI is InChI=1S/C18H28N2O2/c1-14(19)7-12-18(21)20-16-8-10-17(11-9-16)22-13-15-5-3-2-4-6-15/h8-11,14-15H,2-7,12-13,19H2,1H3,(H,20,21). The smallest absolute Gasteiger partial charge is 0.224 e. The van der Waals surface area contributed by atoms with E-state index in [0.29, 0.717) is 18.8 Å². The number of anilines is 1. The van der Waals surface area contributed by atoms with Crippen molar-refractivity contribution in [1.29, 1.82) is 0 Å². The second-order valence-corrected chi connectivity index (χ2v) is 6.40. The minimum absolute atomic E-state index is 0.00757. The number of hydrogen-bond donors (Lipinski definition) is 2. The number of carbonyl (C=O) groups is 1. The molecule has 4 nitrogen and oxygen atoms in total. The van der Waals surface area contributed by atoms with E-state index >= 15 is 0 Å². The number of nitrogens with two attached hydrogens (primary N) is 1. The third kappa shape index (κ3) is 6.06. The van der Waals surface area contributed by atoms with Crippen LogP contribution < -0.4 is 15.8 Å². The Hall–Kier alpha value is -1.55. The summed E-state index contributed by atoms with van der Waals surface area (Å²) in [5, 5.41) is 2.88. The average Bonchev–Trinajstić information content (AvgIpc) is 2.53. The molecule has 0 spiro atoms. The average molecular weight is 304 g/mol. The van der Waals surface area contributed by atoms with Crippen molar-refractivity contribution in [2.24, 2.45) is 11.7 Å². The minimum Gasteiger partial charge on any atom is -0.493 e. The van der Waals surface area contributed by atoms with Crippen molar-refractivity contribution in [3.05, 3.63) is 24.3 Å². The number of rotatable bonds is 7. The summed E-state index contributed by atoms with van der Waals surface area (Å²) >= 11 is 0. The Morgan fingerprint density at radius 3 is 2.59 bits per heavy atom. The molecule has 1 fully saturated rings. The first-order valence-corrected chi connectivity index (χ1v) is 8.42. The van der Waals surface area contributed by atoms with Crippen LogP contribution in [0.3, 0.4) is 0 Å². The van der Waals surface area contributed by atoms with Crippen LogP contribution >= 0.6 is 0 Å². The molecular weight excluding hydrogens is 276 g/mol. The molecule has 0 aromatic heterocycles. The van der Waals surface area contributed by atoms with E-state index in [9.17, 15) is 4.79 Å². The first-order chi connectivity index (χ1) is 10.6. The molecule has 1 atom stereocenters. The van der Waals surface area contributed by atoms with Crippen LogP contribution in [0.4, 0.5) is 5.69 Å². The number of nitrogens with one attached hydrogen (secondary N) is 1. The van der Waals surface area contributed by atoms with Gasteiger partial charge >= 0.3 is 0 Å². The first kappa shape index (κ1) is 16.8. The number of hydrogen-bond acceptors (Lipinski definition) is 3. The van der Waals surface area contributed by atoms with Gasteiger partial charge in [0.25, 0.3) is 0 Å². The van der Waals surface area contributed by atoms with Gasteiger partial charge in [-0.25, -0.2) is 0 Å². The topological polar surface area (TPSA) is 64.4 Å². The van der Waals surface area contributed by atoms with Gasteiger partial charge in [-0.05, 0) is 56.4 Å². The van der Waals surface area contributed by atoms with Gasteiger partial charge in [-0.15, -0.1) is 0 Å². The molecule has 1 aromatic carbocycles. The summed E-state index contributed by atoms with van der Waals surface area (Å²) in [7, 11) is 0. The van der Waals surface area contributed by atoms with Gasteiger partial charge in [0.2, 0.25) is 5.91 Å². The van der Waals surface area contributed by atoms with E-state index in [4.69, 9.17) is 10.5 Å². The lowest BCUT2D eigenvalue weighted by molar-refractivity contribution is -0.116. The van der Waals surface area contributed by atoms with Crippen LogP contribution in [0.25, 0.3) is 0 Å². The van der Waals surface area contributed by atoms with E-state index in [-0.39, 0.29) is 11.9 Å². The van der Waals surface area contributed by atoms with E-state index in [1.807, 2.05) is 31.2 Å². The SMILES string of the molecule is CC(N)CCC(=O)Nc1ccc(OCC2CCCCC2)cc1. The van der Waals surface area contributed by atoms with Crippen LogP contribution in [0.5, 0.6) is 5.75 Å². The van der Waals surface area contributed by atoms with Gasteiger partial charge in [0.1, 0.15) is 5.75 Å². The molecule has 0 bridgehead atoms. The van der Waals surface area contributed by atoms with Gasteiger partial charge in [-0.2, -0.15) is 0 Å². The van der Waals surface area contributed by atoms with Crippen LogP contribution in [0.1, 0.15) is 51.9 Å². The fraction of sp³-hybridized carbons (Fsp3) is 0.611. The summed E-state index contributed by atoms with van der Waals surface area (Å²) in [6, 6.07) is 7.68. The third-order valence-electron chi connectivity index (χ3n) is 4.18.